The maximum atomic E-state index is 5.79. The van der Waals surface area contributed by atoms with E-state index in [4.69, 9.17) is 9.72 Å². The third-order valence-corrected chi connectivity index (χ3v) is 5.78. The molecule has 33 heavy (non-hydrogen) atoms. The first-order valence-electron chi connectivity index (χ1n) is 11.4. The van der Waals surface area contributed by atoms with E-state index < -0.39 is 0 Å². The molecule has 0 atom stereocenters. The van der Waals surface area contributed by atoms with E-state index in [1.54, 1.807) is 6.20 Å². The van der Waals surface area contributed by atoms with Gasteiger partial charge in [-0.1, -0.05) is 6.07 Å². The van der Waals surface area contributed by atoms with Crippen LogP contribution in [0.3, 0.4) is 0 Å². The Bertz CT molecular complexity index is 1250. The number of ether oxygens (including phenoxy) is 1. The van der Waals surface area contributed by atoms with E-state index in [9.17, 15) is 0 Å². The van der Waals surface area contributed by atoms with E-state index in [2.05, 4.69) is 60.8 Å². The van der Waals surface area contributed by atoms with Gasteiger partial charge in [0.1, 0.15) is 11.6 Å². The predicted molar refractivity (Wildman–Crippen MR) is 131 cm³/mol. The minimum Gasteiger partial charge on any atom is -0.492 e. The van der Waals surface area contributed by atoms with Gasteiger partial charge in [-0.2, -0.15) is 0 Å². The number of nitrogens with zero attached hydrogens (tertiary/aromatic N) is 4. The highest BCUT2D eigenvalue weighted by Crippen LogP contribution is 2.32. The van der Waals surface area contributed by atoms with Crippen molar-refractivity contribution in [3.63, 3.8) is 0 Å². The van der Waals surface area contributed by atoms with Crippen LogP contribution in [0.1, 0.15) is 18.2 Å². The number of aryl methyl sites for hydroxylation is 1. The summed E-state index contributed by atoms with van der Waals surface area (Å²) in [5.74, 6) is 2.24. The van der Waals surface area contributed by atoms with Gasteiger partial charge in [-0.15, -0.1) is 0 Å². The van der Waals surface area contributed by atoms with Gasteiger partial charge in [0.05, 0.1) is 23.8 Å². The van der Waals surface area contributed by atoms with Gasteiger partial charge < -0.3 is 20.4 Å². The molecule has 3 N–H and O–H groups in total. The summed E-state index contributed by atoms with van der Waals surface area (Å²) in [5, 5.41) is 6.72. The van der Waals surface area contributed by atoms with E-state index in [1.807, 2.05) is 26.1 Å². The van der Waals surface area contributed by atoms with E-state index in [0.717, 1.165) is 72.1 Å². The maximum absolute atomic E-state index is 5.79. The van der Waals surface area contributed by atoms with Crippen molar-refractivity contribution in [3.05, 3.63) is 60.0 Å². The number of nitrogens with one attached hydrogen (secondary N) is 3. The Morgan fingerprint density at radius 1 is 1.09 bits per heavy atom. The first-order valence-corrected chi connectivity index (χ1v) is 11.4. The number of benzene rings is 1. The fourth-order valence-corrected chi connectivity index (χ4v) is 4.17. The summed E-state index contributed by atoms with van der Waals surface area (Å²) < 4.78 is 5.79. The molecule has 0 spiro atoms. The van der Waals surface area contributed by atoms with Gasteiger partial charge in [0.25, 0.3) is 0 Å². The van der Waals surface area contributed by atoms with Crippen LogP contribution in [0.4, 0.5) is 11.8 Å². The Kier molecular flexibility index (Phi) is 6.19. The second-order valence-electron chi connectivity index (χ2n) is 8.27. The molecule has 5 rings (SSSR count). The minimum atomic E-state index is 0.596. The van der Waals surface area contributed by atoms with Crippen LogP contribution in [-0.2, 0) is 6.54 Å². The summed E-state index contributed by atoms with van der Waals surface area (Å²) in [6.07, 6.45) is 3.64. The van der Waals surface area contributed by atoms with E-state index in [1.165, 1.54) is 5.56 Å². The number of piperazine rings is 1. The molecule has 0 bridgehead atoms. The molecule has 0 radical (unpaired) electrons. The largest absolute Gasteiger partial charge is 0.492 e. The van der Waals surface area contributed by atoms with Crippen molar-refractivity contribution >= 4 is 22.8 Å². The maximum Gasteiger partial charge on any atom is 0.206 e. The summed E-state index contributed by atoms with van der Waals surface area (Å²) in [4.78, 5) is 19.4. The third-order valence-electron chi connectivity index (χ3n) is 5.78. The van der Waals surface area contributed by atoms with Crippen molar-refractivity contribution in [3.8, 4) is 16.9 Å². The molecule has 4 aromatic rings. The molecule has 0 saturated carbocycles. The summed E-state index contributed by atoms with van der Waals surface area (Å²) in [7, 11) is 0. The quantitative estimate of drug-likeness (QED) is 0.399. The number of anilines is 2. The average Bonchev–Trinajstić information content (AvgIpc) is 3.22. The fourth-order valence-electron chi connectivity index (χ4n) is 4.17. The van der Waals surface area contributed by atoms with Crippen LogP contribution in [-0.4, -0.2) is 57.6 Å². The van der Waals surface area contributed by atoms with Crippen molar-refractivity contribution in [2.75, 3.05) is 38.1 Å². The molecule has 8 nitrogen and oxygen atoms in total. The van der Waals surface area contributed by atoms with Gasteiger partial charge in [0.2, 0.25) is 5.95 Å². The van der Waals surface area contributed by atoms with E-state index in [-0.39, 0.29) is 0 Å². The number of rotatable bonds is 7. The molecule has 1 saturated heterocycles. The molecule has 1 aliphatic heterocycles. The lowest BCUT2D eigenvalue weighted by Gasteiger charge is -2.27. The van der Waals surface area contributed by atoms with Crippen LogP contribution in [0.2, 0.25) is 0 Å². The van der Waals surface area contributed by atoms with Gasteiger partial charge >= 0.3 is 0 Å². The third kappa shape index (κ3) is 4.97. The Balaban J connectivity index is 1.37. The number of hydrogen-bond donors (Lipinski definition) is 3. The Morgan fingerprint density at radius 3 is 2.82 bits per heavy atom. The van der Waals surface area contributed by atoms with Crippen LogP contribution < -0.4 is 15.4 Å². The lowest BCUT2D eigenvalue weighted by atomic mass is 10.0. The van der Waals surface area contributed by atoms with Gasteiger partial charge in [0, 0.05) is 50.2 Å². The normalized spacial score (nSPS) is 14.5. The van der Waals surface area contributed by atoms with Crippen molar-refractivity contribution in [1.82, 2.24) is 30.2 Å². The highest BCUT2D eigenvalue weighted by atomic mass is 16.5. The predicted octanol–water partition coefficient (Wildman–Crippen LogP) is 3.88. The fraction of sp³-hybridized carbons (Fsp3) is 0.320. The lowest BCUT2D eigenvalue weighted by molar-refractivity contribution is 0.233. The Labute approximate surface area is 193 Å². The van der Waals surface area contributed by atoms with Crippen molar-refractivity contribution in [1.29, 1.82) is 0 Å². The number of hydrogen-bond acceptors (Lipinski definition) is 7. The second-order valence-corrected chi connectivity index (χ2v) is 8.27. The molecule has 170 valence electrons. The van der Waals surface area contributed by atoms with Gasteiger partial charge in [-0.05, 0) is 55.3 Å². The molecule has 4 heterocycles. The minimum absolute atomic E-state index is 0.596. The zero-order valence-electron chi connectivity index (χ0n) is 19.1. The molecule has 1 aliphatic rings. The smallest absolute Gasteiger partial charge is 0.206 e. The van der Waals surface area contributed by atoms with Crippen LogP contribution in [0.5, 0.6) is 5.75 Å². The second kappa shape index (κ2) is 9.56. The van der Waals surface area contributed by atoms with Crippen LogP contribution >= 0.6 is 0 Å². The molecular weight excluding hydrogens is 414 g/mol. The highest BCUT2D eigenvalue weighted by Gasteiger charge is 2.12. The summed E-state index contributed by atoms with van der Waals surface area (Å²) in [6, 6.07) is 12.4. The molecule has 0 unspecified atom stereocenters. The number of fused-ring (bicyclic) bond motifs is 1. The van der Waals surface area contributed by atoms with Crippen molar-refractivity contribution in [2.24, 2.45) is 0 Å². The van der Waals surface area contributed by atoms with Crippen LogP contribution in [0, 0.1) is 6.92 Å². The summed E-state index contributed by atoms with van der Waals surface area (Å²) in [6.45, 7) is 9.71. The molecule has 1 aromatic carbocycles. The Morgan fingerprint density at radius 2 is 1.97 bits per heavy atom. The topological polar surface area (TPSA) is 91.0 Å². The molecule has 0 aliphatic carbocycles. The number of aromatic nitrogens is 4. The Hall–Kier alpha value is -3.49. The summed E-state index contributed by atoms with van der Waals surface area (Å²) in [5.41, 5.74) is 6.11. The monoisotopic (exact) mass is 443 g/mol. The number of aromatic amines is 1. The summed E-state index contributed by atoms with van der Waals surface area (Å²) >= 11 is 0. The zero-order chi connectivity index (χ0) is 22.6. The van der Waals surface area contributed by atoms with Gasteiger partial charge in [-0.25, -0.2) is 9.97 Å². The van der Waals surface area contributed by atoms with Crippen molar-refractivity contribution < 1.29 is 4.74 Å². The number of imidazole rings is 1. The zero-order valence-corrected chi connectivity index (χ0v) is 19.1. The molecule has 1 fully saturated rings. The van der Waals surface area contributed by atoms with Crippen LogP contribution in [0.15, 0.2) is 48.8 Å². The lowest BCUT2D eigenvalue weighted by Crippen LogP contribution is -2.42. The average molecular weight is 444 g/mol. The number of pyridine rings is 2. The van der Waals surface area contributed by atoms with E-state index in [0.29, 0.717) is 12.6 Å². The number of H-pyrrole nitrogens is 1. The molecule has 0 amide bonds. The first-order chi connectivity index (χ1) is 16.2. The van der Waals surface area contributed by atoms with Gasteiger partial charge in [-0.3, -0.25) is 9.88 Å². The highest BCUT2D eigenvalue weighted by molar-refractivity contribution is 5.85. The van der Waals surface area contributed by atoms with Crippen molar-refractivity contribution in [2.45, 2.75) is 20.4 Å². The van der Waals surface area contributed by atoms with Gasteiger partial charge in [0.15, 0.2) is 0 Å². The standard InChI is InChI=1S/C25H29N7O/c1-3-33-23-15-28-17(2)12-20(23)19-4-5-21-22(14-19)30-25(29-21)31-24-13-18(6-7-27-24)16-32-10-8-26-9-11-32/h4-7,12-15,26H,3,8-11,16H2,1-2H3,(H2,27,29,30,31). The van der Waals surface area contributed by atoms with Crippen LogP contribution in [0.25, 0.3) is 22.2 Å². The molecular formula is C25H29N7O. The SMILES string of the molecule is CCOc1cnc(C)cc1-c1ccc2nc(Nc3cc(CN4CCNCC4)ccn3)[nH]c2c1. The first kappa shape index (κ1) is 21.4. The molecule has 3 aromatic heterocycles. The van der Waals surface area contributed by atoms with E-state index >= 15 is 0 Å². The molecule has 8 heteroatoms.